The molecule has 104 valence electrons. The summed E-state index contributed by atoms with van der Waals surface area (Å²) < 4.78 is 0. The van der Waals surface area contributed by atoms with Gasteiger partial charge in [0.15, 0.2) is 0 Å². The Hall–Kier alpha value is -0.120. The van der Waals surface area contributed by atoms with Gasteiger partial charge in [-0.05, 0) is 65.5 Å². The van der Waals surface area contributed by atoms with E-state index in [-0.39, 0.29) is 5.54 Å². The fourth-order valence-corrected chi connectivity index (χ4v) is 4.47. The third kappa shape index (κ3) is 1.91. The first-order valence-corrected chi connectivity index (χ1v) is 7.72. The van der Waals surface area contributed by atoms with Gasteiger partial charge in [-0.2, -0.15) is 0 Å². The topological polar surface area (TPSA) is 32.5 Å². The number of hydrogen-bond acceptors (Lipinski definition) is 3. The zero-order chi connectivity index (χ0) is 12.9. The molecule has 2 N–H and O–H groups in total. The molecule has 3 heteroatoms. The number of rotatable bonds is 4. The van der Waals surface area contributed by atoms with Crippen LogP contribution in [0.5, 0.6) is 0 Å². The standard InChI is InChI=1S/C15H29N3/c1-11(12-4-5-12)18(3)15(10-16)8-13-6-7-14(9-15)17(13)2/h11-14H,4-10,16H2,1-3H3. The monoisotopic (exact) mass is 251 g/mol. The van der Waals surface area contributed by atoms with Crippen LogP contribution in [0.2, 0.25) is 0 Å². The molecule has 0 aromatic carbocycles. The first-order valence-electron chi connectivity index (χ1n) is 7.72. The second-order valence-corrected chi connectivity index (χ2v) is 7.08. The lowest BCUT2D eigenvalue weighted by Gasteiger charge is -2.52. The molecule has 3 rings (SSSR count). The van der Waals surface area contributed by atoms with Gasteiger partial charge in [-0.1, -0.05) is 0 Å². The molecule has 3 unspecified atom stereocenters. The minimum absolute atomic E-state index is 0.278. The lowest BCUT2D eigenvalue weighted by atomic mass is 9.80. The van der Waals surface area contributed by atoms with E-state index < -0.39 is 0 Å². The van der Waals surface area contributed by atoms with E-state index in [1.165, 1.54) is 38.5 Å². The van der Waals surface area contributed by atoms with Gasteiger partial charge in [0.1, 0.15) is 0 Å². The molecular formula is C15H29N3. The second kappa shape index (κ2) is 4.46. The maximum Gasteiger partial charge on any atom is 0.0361 e. The highest BCUT2D eigenvalue weighted by atomic mass is 15.3. The van der Waals surface area contributed by atoms with Gasteiger partial charge in [0, 0.05) is 30.2 Å². The van der Waals surface area contributed by atoms with E-state index in [9.17, 15) is 0 Å². The van der Waals surface area contributed by atoms with Gasteiger partial charge in [-0.25, -0.2) is 0 Å². The van der Waals surface area contributed by atoms with Crippen molar-refractivity contribution < 1.29 is 0 Å². The zero-order valence-electron chi connectivity index (χ0n) is 12.2. The summed E-state index contributed by atoms with van der Waals surface area (Å²) in [5.41, 5.74) is 6.51. The van der Waals surface area contributed by atoms with Crippen LogP contribution in [0.15, 0.2) is 0 Å². The van der Waals surface area contributed by atoms with Crippen molar-refractivity contribution >= 4 is 0 Å². The quantitative estimate of drug-likeness (QED) is 0.825. The van der Waals surface area contributed by atoms with Crippen LogP contribution >= 0.6 is 0 Å². The number of nitrogens with two attached hydrogens (primary N) is 1. The van der Waals surface area contributed by atoms with Crippen LogP contribution in [0.25, 0.3) is 0 Å². The number of likely N-dealkylation sites (N-methyl/N-ethyl adjacent to an activating group) is 1. The number of piperidine rings is 1. The Kier molecular flexibility index (Phi) is 3.20. The summed E-state index contributed by atoms with van der Waals surface area (Å²) in [7, 11) is 4.65. The molecule has 0 spiro atoms. The van der Waals surface area contributed by atoms with Crippen molar-refractivity contribution in [3.63, 3.8) is 0 Å². The van der Waals surface area contributed by atoms with Crippen molar-refractivity contribution in [2.75, 3.05) is 20.6 Å². The van der Waals surface area contributed by atoms with Crippen molar-refractivity contribution in [1.82, 2.24) is 9.80 Å². The first-order chi connectivity index (χ1) is 8.57. The Balaban J connectivity index is 1.78. The van der Waals surface area contributed by atoms with E-state index in [1.807, 2.05) is 0 Å². The minimum Gasteiger partial charge on any atom is -0.329 e. The lowest BCUT2D eigenvalue weighted by Crippen LogP contribution is -2.62. The van der Waals surface area contributed by atoms with E-state index in [0.29, 0.717) is 0 Å². The summed E-state index contributed by atoms with van der Waals surface area (Å²) in [5.74, 6) is 0.940. The Morgan fingerprint density at radius 2 is 1.78 bits per heavy atom. The molecule has 1 saturated carbocycles. The Morgan fingerprint density at radius 1 is 1.22 bits per heavy atom. The van der Waals surface area contributed by atoms with Crippen molar-refractivity contribution in [1.29, 1.82) is 0 Å². The molecule has 0 amide bonds. The van der Waals surface area contributed by atoms with Gasteiger partial charge in [0.2, 0.25) is 0 Å². The average molecular weight is 251 g/mol. The van der Waals surface area contributed by atoms with E-state index in [0.717, 1.165) is 30.6 Å². The third-order valence-corrected chi connectivity index (χ3v) is 6.26. The lowest BCUT2D eigenvalue weighted by molar-refractivity contribution is -0.00842. The van der Waals surface area contributed by atoms with Crippen molar-refractivity contribution in [2.24, 2.45) is 11.7 Å². The van der Waals surface area contributed by atoms with Crippen molar-refractivity contribution in [3.05, 3.63) is 0 Å². The van der Waals surface area contributed by atoms with Gasteiger partial charge in [-0.15, -0.1) is 0 Å². The predicted molar refractivity (Wildman–Crippen MR) is 75.5 cm³/mol. The van der Waals surface area contributed by atoms with Crippen LogP contribution in [0.1, 0.15) is 45.4 Å². The maximum absolute atomic E-state index is 6.23. The minimum atomic E-state index is 0.278. The van der Waals surface area contributed by atoms with Gasteiger partial charge in [0.25, 0.3) is 0 Å². The molecular weight excluding hydrogens is 222 g/mol. The highest BCUT2D eigenvalue weighted by Gasteiger charge is 2.50. The summed E-state index contributed by atoms with van der Waals surface area (Å²) in [5, 5.41) is 0. The molecule has 3 fully saturated rings. The molecule has 0 aromatic rings. The maximum atomic E-state index is 6.23. The van der Waals surface area contributed by atoms with E-state index in [1.54, 1.807) is 0 Å². The van der Waals surface area contributed by atoms with Crippen LogP contribution in [0.4, 0.5) is 0 Å². The van der Waals surface area contributed by atoms with Crippen LogP contribution in [0.3, 0.4) is 0 Å². The number of fused-ring (bicyclic) bond motifs is 2. The summed E-state index contributed by atoms with van der Waals surface area (Å²) in [6.45, 7) is 3.25. The normalized spacial score (nSPS) is 42.5. The fourth-order valence-electron chi connectivity index (χ4n) is 4.47. The van der Waals surface area contributed by atoms with Gasteiger partial charge in [0.05, 0.1) is 0 Å². The molecule has 2 saturated heterocycles. The van der Waals surface area contributed by atoms with Crippen LogP contribution in [-0.2, 0) is 0 Å². The van der Waals surface area contributed by atoms with E-state index >= 15 is 0 Å². The van der Waals surface area contributed by atoms with Gasteiger partial charge >= 0.3 is 0 Å². The highest BCUT2D eigenvalue weighted by Crippen LogP contribution is 2.45. The van der Waals surface area contributed by atoms with Crippen LogP contribution < -0.4 is 5.73 Å². The molecule has 0 radical (unpaired) electrons. The largest absolute Gasteiger partial charge is 0.329 e. The summed E-state index contributed by atoms with van der Waals surface area (Å²) in [6, 6.07) is 2.28. The molecule has 2 aliphatic heterocycles. The van der Waals surface area contributed by atoms with Crippen LogP contribution in [0, 0.1) is 5.92 Å². The molecule has 3 aliphatic rings. The molecule has 18 heavy (non-hydrogen) atoms. The average Bonchev–Trinajstić information content (AvgIpc) is 3.19. The molecule has 2 bridgehead atoms. The summed E-state index contributed by atoms with van der Waals surface area (Å²) in [6.07, 6.45) is 8.19. The van der Waals surface area contributed by atoms with Crippen LogP contribution in [-0.4, -0.2) is 54.1 Å². The predicted octanol–water partition coefficient (Wildman–Crippen LogP) is 1.67. The first kappa shape index (κ1) is 12.9. The number of nitrogens with zero attached hydrogens (tertiary/aromatic N) is 2. The van der Waals surface area contributed by atoms with Gasteiger partial charge in [-0.3, -0.25) is 4.90 Å². The summed E-state index contributed by atoms with van der Waals surface area (Å²) in [4.78, 5) is 5.27. The Labute approximate surface area is 112 Å². The Morgan fingerprint density at radius 3 is 2.22 bits per heavy atom. The van der Waals surface area contributed by atoms with E-state index in [2.05, 4.69) is 30.8 Å². The second-order valence-electron chi connectivity index (χ2n) is 7.08. The van der Waals surface area contributed by atoms with E-state index in [4.69, 9.17) is 5.73 Å². The SMILES string of the molecule is CC(C1CC1)N(C)C1(CN)CC2CCC(C1)N2C. The molecule has 2 heterocycles. The molecule has 3 atom stereocenters. The zero-order valence-corrected chi connectivity index (χ0v) is 12.2. The molecule has 0 aromatic heterocycles. The van der Waals surface area contributed by atoms with Gasteiger partial charge < -0.3 is 10.6 Å². The fraction of sp³-hybridized carbons (Fsp3) is 1.00. The highest BCUT2D eigenvalue weighted by molar-refractivity contribution is 5.07. The smallest absolute Gasteiger partial charge is 0.0361 e. The Bertz CT molecular complexity index is 299. The number of hydrogen-bond donors (Lipinski definition) is 1. The molecule has 1 aliphatic carbocycles. The third-order valence-electron chi connectivity index (χ3n) is 6.26. The van der Waals surface area contributed by atoms with Crippen molar-refractivity contribution in [2.45, 2.75) is 69.1 Å². The van der Waals surface area contributed by atoms with Crippen molar-refractivity contribution in [3.8, 4) is 0 Å². The summed E-state index contributed by atoms with van der Waals surface area (Å²) >= 11 is 0. The molecule has 3 nitrogen and oxygen atoms in total.